The molecule has 1 fully saturated rings. The van der Waals surface area contributed by atoms with E-state index in [1.54, 1.807) is 13.3 Å². The molecule has 0 radical (unpaired) electrons. The Morgan fingerprint density at radius 2 is 1.97 bits per heavy atom. The number of likely N-dealkylation sites (tertiary alicyclic amines) is 1. The van der Waals surface area contributed by atoms with Gasteiger partial charge < -0.3 is 29.0 Å². The van der Waals surface area contributed by atoms with Gasteiger partial charge in [0.05, 0.1) is 31.9 Å². The molecule has 3 atom stereocenters. The predicted molar refractivity (Wildman–Crippen MR) is 122 cm³/mol. The Hall–Kier alpha value is -2.68. The Balaban J connectivity index is 1.09. The number of rotatable bonds is 7. The molecule has 0 amide bonds. The first-order chi connectivity index (χ1) is 16.2. The van der Waals surface area contributed by atoms with Gasteiger partial charge in [-0.25, -0.2) is 0 Å². The summed E-state index contributed by atoms with van der Waals surface area (Å²) in [6.45, 7) is 4.25. The van der Waals surface area contributed by atoms with E-state index in [4.69, 9.17) is 18.9 Å². The van der Waals surface area contributed by atoms with Crippen LogP contribution in [0.3, 0.4) is 0 Å². The molecule has 0 aromatic heterocycles. The van der Waals surface area contributed by atoms with E-state index in [1.807, 2.05) is 30.4 Å². The molecule has 33 heavy (non-hydrogen) atoms. The molecule has 3 aliphatic heterocycles. The van der Waals surface area contributed by atoms with Gasteiger partial charge in [-0.15, -0.1) is 0 Å². The highest BCUT2D eigenvalue weighted by Gasteiger charge is 2.30. The molecule has 0 bridgehead atoms. The van der Waals surface area contributed by atoms with Crippen LogP contribution in [0.5, 0.6) is 11.5 Å². The lowest BCUT2D eigenvalue weighted by Crippen LogP contribution is -2.38. The average molecular weight is 454 g/mol. The molecule has 4 aliphatic rings. The molecular formula is C25H31N3O5. The van der Waals surface area contributed by atoms with E-state index in [2.05, 4.69) is 21.2 Å². The number of fused-ring (bicyclic) bond motifs is 2. The minimum Gasteiger partial charge on any atom is -0.497 e. The Morgan fingerprint density at radius 3 is 2.79 bits per heavy atom. The van der Waals surface area contributed by atoms with Crippen molar-refractivity contribution >= 4 is 0 Å². The summed E-state index contributed by atoms with van der Waals surface area (Å²) < 4.78 is 22.8. The third-order valence-electron chi connectivity index (χ3n) is 6.69. The molecule has 1 aromatic carbocycles. The first-order valence-electron chi connectivity index (χ1n) is 11.6. The van der Waals surface area contributed by atoms with Crippen LogP contribution in [0.2, 0.25) is 0 Å². The van der Waals surface area contributed by atoms with Gasteiger partial charge in [0.2, 0.25) is 0 Å². The van der Waals surface area contributed by atoms with Gasteiger partial charge >= 0.3 is 0 Å². The summed E-state index contributed by atoms with van der Waals surface area (Å²) in [7, 11) is 1.67. The van der Waals surface area contributed by atoms with E-state index in [0.29, 0.717) is 38.0 Å². The second-order valence-electron chi connectivity index (χ2n) is 8.88. The van der Waals surface area contributed by atoms with Crippen molar-refractivity contribution in [3.05, 3.63) is 59.5 Å². The fourth-order valence-corrected chi connectivity index (χ4v) is 4.69. The fraction of sp³-hybridized carbons (Fsp3) is 0.520. The van der Waals surface area contributed by atoms with E-state index < -0.39 is 6.10 Å². The van der Waals surface area contributed by atoms with Gasteiger partial charge in [0.25, 0.3) is 0 Å². The normalized spacial score (nSPS) is 25.8. The smallest absolute Gasteiger partial charge is 0.179 e. The van der Waals surface area contributed by atoms with Gasteiger partial charge in [-0.2, -0.15) is 10.2 Å². The molecular weight excluding hydrogens is 422 g/mol. The lowest BCUT2D eigenvalue weighted by Gasteiger charge is -2.34. The second-order valence-corrected chi connectivity index (χ2v) is 8.88. The summed E-state index contributed by atoms with van der Waals surface area (Å²) in [6, 6.07) is 5.70. The zero-order valence-corrected chi connectivity index (χ0v) is 18.9. The minimum atomic E-state index is -0.553. The van der Waals surface area contributed by atoms with E-state index >= 15 is 0 Å². The average Bonchev–Trinajstić information content (AvgIpc) is 2.87. The number of azo groups is 1. The Morgan fingerprint density at radius 1 is 1.15 bits per heavy atom. The third kappa shape index (κ3) is 5.13. The SMILES string of the molecule is COC1=CC2C(=CN=NC2OCC2CCN(CC(O)c3ccc4c(c3)OCCO4)CC2)C=C1. The van der Waals surface area contributed by atoms with Gasteiger partial charge in [-0.3, -0.25) is 0 Å². The van der Waals surface area contributed by atoms with Crippen LogP contribution in [0.15, 0.2) is 64.2 Å². The van der Waals surface area contributed by atoms with Crippen molar-refractivity contribution in [1.82, 2.24) is 4.90 Å². The standard InChI is InChI=1S/C25H31N3O5/c1-30-20-4-2-19-14-26-27-25(21(19)13-20)33-16-17-6-8-28(9-7-17)15-22(29)18-3-5-23-24(12-18)32-11-10-31-23/h2-5,12-14,17,21-22,25,29H,6-11,15-16H2,1H3. The lowest BCUT2D eigenvalue weighted by molar-refractivity contribution is -0.00580. The van der Waals surface area contributed by atoms with Crippen LogP contribution in [0, 0.1) is 11.8 Å². The summed E-state index contributed by atoms with van der Waals surface area (Å²) in [6.07, 6.45) is 9.00. The van der Waals surface area contributed by atoms with Crippen molar-refractivity contribution in [3.8, 4) is 11.5 Å². The van der Waals surface area contributed by atoms with Crippen molar-refractivity contribution in [2.24, 2.45) is 22.1 Å². The maximum Gasteiger partial charge on any atom is 0.179 e. The zero-order valence-electron chi connectivity index (χ0n) is 18.9. The van der Waals surface area contributed by atoms with E-state index in [0.717, 1.165) is 48.6 Å². The summed E-state index contributed by atoms with van der Waals surface area (Å²) in [5, 5.41) is 19.2. The fourth-order valence-electron chi connectivity index (χ4n) is 4.69. The van der Waals surface area contributed by atoms with Crippen molar-refractivity contribution in [2.45, 2.75) is 25.2 Å². The quantitative estimate of drug-likeness (QED) is 0.679. The largest absolute Gasteiger partial charge is 0.497 e. The maximum absolute atomic E-state index is 10.8. The third-order valence-corrected chi connectivity index (χ3v) is 6.69. The topological polar surface area (TPSA) is 85.1 Å². The van der Waals surface area contributed by atoms with Gasteiger partial charge in [0, 0.05) is 6.54 Å². The Bertz CT molecular complexity index is 965. The number of ether oxygens (including phenoxy) is 4. The number of methoxy groups -OCH3 is 1. The van der Waals surface area contributed by atoms with Crippen molar-refractivity contribution in [2.75, 3.05) is 46.6 Å². The monoisotopic (exact) mass is 453 g/mol. The summed E-state index contributed by atoms with van der Waals surface area (Å²) in [5.74, 6) is 2.81. The van der Waals surface area contributed by atoms with Crippen LogP contribution >= 0.6 is 0 Å². The van der Waals surface area contributed by atoms with Gasteiger partial charge in [0.1, 0.15) is 19.0 Å². The van der Waals surface area contributed by atoms with Crippen molar-refractivity contribution < 1.29 is 24.1 Å². The zero-order chi connectivity index (χ0) is 22.6. The first-order valence-corrected chi connectivity index (χ1v) is 11.6. The number of hydrogen-bond acceptors (Lipinski definition) is 8. The Labute approximate surface area is 194 Å². The predicted octanol–water partition coefficient (Wildman–Crippen LogP) is 3.61. The minimum absolute atomic E-state index is 0.0451. The van der Waals surface area contributed by atoms with Gasteiger partial charge in [-0.1, -0.05) is 12.1 Å². The molecule has 0 spiro atoms. The summed E-state index contributed by atoms with van der Waals surface area (Å²) in [5.41, 5.74) is 1.96. The highest BCUT2D eigenvalue weighted by atomic mass is 16.6. The number of hydrogen-bond donors (Lipinski definition) is 1. The number of benzene rings is 1. The van der Waals surface area contributed by atoms with Gasteiger partial charge in [-0.05, 0) is 67.3 Å². The van der Waals surface area contributed by atoms with E-state index in [1.165, 1.54) is 0 Å². The van der Waals surface area contributed by atoms with Crippen LogP contribution in [0.4, 0.5) is 0 Å². The molecule has 8 nitrogen and oxygen atoms in total. The molecule has 1 N–H and O–H groups in total. The molecule has 1 aliphatic carbocycles. The van der Waals surface area contributed by atoms with Crippen LogP contribution in [-0.2, 0) is 9.47 Å². The maximum atomic E-state index is 10.8. The molecule has 176 valence electrons. The summed E-state index contributed by atoms with van der Waals surface area (Å²) >= 11 is 0. The Kier molecular flexibility index (Phi) is 6.75. The van der Waals surface area contributed by atoms with E-state index in [-0.39, 0.29) is 12.1 Å². The highest BCUT2D eigenvalue weighted by molar-refractivity contribution is 5.44. The number of aliphatic hydroxyl groups excluding tert-OH is 1. The highest BCUT2D eigenvalue weighted by Crippen LogP contribution is 2.34. The first kappa shape index (κ1) is 22.1. The lowest BCUT2D eigenvalue weighted by atomic mass is 9.92. The number of aliphatic hydroxyl groups is 1. The molecule has 0 saturated carbocycles. The number of piperidine rings is 1. The molecule has 5 rings (SSSR count). The number of allylic oxidation sites excluding steroid dienone is 2. The molecule has 8 heteroatoms. The molecule has 3 heterocycles. The summed E-state index contributed by atoms with van der Waals surface area (Å²) in [4.78, 5) is 2.32. The molecule has 1 aromatic rings. The van der Waals surface area contributed by atoms with Crippen LogP contribution in [0.1, 0.15) is 24.5 Å². The van der Waals surface area contributed by atoms with Crippen LogP contribution < -0.4 is 9.47 Å². The van der Waals surface area contributed by atoms with Crippen LogP contribution in [0.25, 0.3) is 0 Å². The molecule has 1 saturated heterocycles. The van der Waals surface area contributed by atoms with Crippen molar-refractivity contribution in [1.29, 1.82) is 0 Å². The number of β-amino-alcohol motifs (C(OH)–C–C–N with tert-alkyl or cyclic N) is 1. The van der Waals surface area contributed by atoms with Gasteiger partial charge in [0.15, 0.2) is 17.7 Å². The number of nitrogens with zero attached hydrogens (tertiary/aromatic N) is 3. The second kappa shape index (κ2) is 10.1. The van der Waals surface area contributed by atoms with Crippen LogP contribution in [-0.4, -0.2) is 62.8 Å². The van der Waals surface area contributed by atoms with E-state index in [9.17, 15) is 5.11 Å². The molecule has 3 unspecified atom stereocenters. The van der Waals surface area contributed by atoms with Crippen molar-refractivity contribution in [3.63, 3.8) is 0 Å².